The van der Waals surface area contributed by atoms with Gasteiger partial charge in [-0.05, 0) is 51.6 Å². The fraction of sp³-hybridized carbons (Fsp3) is 0.529. The monoisotopic (exact) mass is 332 g/mol. The van der Waals surface area contributed by atoms with Crippen LogP contribution in [-0.4, -0.2) is 42.1 Å². The lowest BCUT2D eigenvalue weighted by atomic mass is 10.1. The molecule has 1 saturated carbocycles. The number of hydrogen-bond donors (Lipinski definition) is 2. The first-order chi connectivity index (χ1) is 11.4. The van der Waals surface area contributed by atoms with Crippen molar-refractivity contribution in [1.29, 1.82) is 0 Å². The van der Waals surface area contributed by atoms with Crippen molar-refractivity contribution in [2.75, 3.05) is 26.0 Å². The number of amides is 1. The summed E-state index contributed by atoms with van der Waals surface area (Å²) in [7, 11) is 3.90. The molecular weight excluding hydrogens is 308 g/mol. The highest BCUT2D eigenvalue weighted by molar-refractivity contribution is 5.94. The standard InChI is InChI=1S/C17H24N4O3/c1-20(2)7-8-21-14-10-13(5-6-15(14)24-17(21)23)19-16(22)11-3-4-12(18)9-11/h5-6,10-12H,3-4,7-9,18H2,1-2H3,(H,19,22). The molecule has 130 valence electrons. The Balaban J connectivity index is 1.80. The Morgan fingerprint density at radius 1 is 1.42 bits per heavy atom. The summed E-state index contributed by atoms with van der Waals surface area (Å²) in [5, 5.41) is 2.94. The first-order valence-corrected chi connectivity index (χ1v) is 8.28. The van der Waals surface area contributed by atoms with Crippen LogP contribution in [-0.2, 0) is 11.3 Å². The van der Waals surface area contributed by atoms with Gasteiger partial charge in [-0.25, -0.2) is 4.79 Å². The van der Waals surface area contributed by atoms with Gasteiger partial charge in [-0.1, -0.05) is 0 Å². The highest BCUT2D eigenvalue weighted by Crippen LogP contribution is 2.26. The van der Waals surface area contributed by atoms with Crippen LogP contribution in [0, 0.1) is 5.92 Å². The van der Waals surface area contributed by atoms with Gasteiger partial charge in [-0.15, -0.1) is 0 Å². The van der Waals surface area contributed by atoms with Crippen LogP contribution in [0.25, 0.3) is 11.1 Å². The molecule has 2 unspecified atom stereocenters. The number of benzene rings is 1. The number of nitrogens with one attached hydrogen (secondary N) is 1. The quantitative estimate of drug-likeness (QED) is 0.859. The molecule has 1 aliphatic carbocycles. The van der Waals surface area contributed by atoms with Crippen molar-refractivity contribution in [3.8, 4) is 0 Å². The van der Waals surface area contributed by atoms with Crippen molar-refractivity contribution < 1.29 is 9.21 Å². The smallest absolute Gasteiger partial charge is 0.408 e. The van der Waals surface area contributed by atoms with E-state index < -0.39 is 0 Å². The zero-order valence-electron chi connectivity index (χ0n) is 14.1. The van der Waals surface area contributed by atoms with Crippen molar-refractivity contribution in [1.82, 2.24) is 9.47 Å². The molecule has 1 aromatic heterocycles. The SMILES string of the molecule is CN(C)CCn1c(=O)oc2ccc(NC(=O)C3CCC(N)C3)cc21. The minimum Gasteiger partial charge on any atom is -0.408 e. The summed E-state index contributed by atoms with van der Waals surface area (Å²) in [6, 6.07) is 5.39. The van der Waals surface area contributed by atoms with E-state index in [9.17, 15) is 9.59 Å². The zero-order valence-corrected chi connectivity index (χ0v) is 14.1. The van der Waals surface area contributed by atoms with E-state index in [1.807, 2.05) is 19.0 Å². The van der Waals surface area contributed by atoms with E-state index in [-0.39, 0.29) is 23.6 Å². The number of carbonyl (C=O) groups excluding carboxylic acids is 1. The number of hydrogen-bond acceptors (Lipinski definition) is 5. The molecule has 3 N–H and O–H groups in total. The molecule has 0 bridgehead atoms. The van der Waals surface area contributed by atoms with Gasteiger partial charge < -0.3 is 20.4 Å². The summed E-state index contributed by atoms with van der Waals surface area (Å²) >= 11 is 0. The van der Waals surface area contributed by atoms with E-state index in [1.54, 1.807) is 22.8 Å². The van der Waals surface area contributed by atoms with Gasteiger partial charge in [0.1, 0.15) is 0 Å². The van der Waals surface area contributed by atoms with Gasteiger partial charge in [0.15, 0.2) is 5.58 Å². The summed E-state index contributed by atoms with van der Waals surface area (Å²) in [5.74, 6) is -0.416. The minimum atomic E-state index is -0.378. The Kier molecular flexibility index (Phi) is 4.73. The number of oxazole rings is 1. The number of rotatable bonds is 5. The molecule has 0 saturated heterocycles. The topological polar surface area (TPSA) is 93.5 Å². The average molecular weight is 332 g/mol. The third-order valence-corrected chi connectivity index (χ3v) is 4.55. The number of carbonyl (C=O) groups is 1. The van der Waals surface area contributed by atoms with E-state index in [2.05, 4.69) is 5.32 Å². The fourth-order valence-electron chi connectivity index (χ4n) is 3.15. The summed E-state index contributed by atoms with van der Waals surface area (Å²) in [5.41, 5.74) is 7.77. The Bertz CT molecular complexity index is 793. The molecule has 0 spiro atoms. The van der Waals surface area contributed by atoms with Crippen LogP contribution in [0.5, 0.6) is 0 Å². The van der Waals surface area contributed by atoms with Crippen molar-refractivity contribution >= 4 is 22.7 Å². The van der Waals surface area contributed by atoms with Crippen molar-refractivity contribution in [2.45, 2.75) is 31.8 Å². The maximum Gasteiger partial charge on any atom is 0.419 e. The van der Waals surface area contributed by atoms with Crippen molar-refractivity contribution in [3.05, 3.63) is 28.7 Å². The van der Waals surface area contributed by atoms with Gasteiger partial charge in [0.05, 0.1) is 5.52 Å². The summed E-state index contributed by atoms with van der Waals surface area (Å²) < 4.78 is 6.86. The van der Waals surface area contributed by atoms with Crippen LogP contribution in [0.1, 0.15) is 19.3 Å². The Labute approximate surface area is 140 Å². The van der Waals surface area contributed by atoms with Gasteiger partial charge >= 0.3 is 5.76 Å². The molecule has 2 atom stereocenters. The molecule has 0 aliphatic heterocycles. The second-order valence-corrected chi connectivity index (χ2v) is 6.76. The van der Waals surface area contributed by atoms with Crippen LogP contribution in [0.3, 0.4) is 0 Å². The van der Waals surface area contributed by atoms with Gasteiger partial charge in [-0.3, -0.25) is 9.36 Å². The van der Waals surface area contributed by atoms with Gasteiger partial charge in [-0.2, -0.15) is 0 Å². The van der Waals surface area contributed by atoms with Crippen LogP contribution in [0.4, 0.5) is 5.69 Å². The predicted octanol–water partition coefficient (Wildman–Crippen LogP) is 1.22. The molecule has 1 amide bonds. The fourth-order valence-corrected chi connectivity index (χ4v) is 3.15. The third-order valence-electron chi connectivity index (χ3n) is 4.55. The number of fused-ring (bicyclic) bond motifs is 1. The lowest BCUT2D eigenvalue weighted by Crippen LogP contribution is -2.24. The van der Waals surface area contributed by atoms with E-state index >= 15 is 0 Å². The molecule has 1 heterocycles. The molecule has 1 aromatic carbocycles. The van der Waals surface area contributed by atoms with Crippen LogP contribution < -0.4 is 16.8 Å². The van der Waals surface area contributed by atoms with Crippen molar-refractivity contribution in [2.24, 2.45) is 11.7 Å². The molecule has 2 aromatic rings. The Morgan fingerprint density at radius 2 is 2.21 bits per heavy atom. The largest absolute Gasteiger partial charge is 0.419 e. The highest BCUT2D eigenvalue weighted by Gasteiger charge is 2.27. The van der Waals surface area contributed by atoms with Crippen molar-refractivity contribution in [3.63, 3.8) is 0 Å². The van der Waals surface area contributed by atoms with E-state index in [0.717, 1.165) is 25.8 Å². The third kappa shape index (κ3) is 3.52. The number of aromatic nitrogens is 1. The Hall–Kier alpha value is -2.12. The molecule has 3 rings (SSSR count). The first kappa shape index (κ1) is 16.7. The second kappa shape index (κ2) is 6.78. The normalized spacial score (nSPS) is 20.8. The second-order valence-electron chi connectivity index (χ2n) is 6.76. The van der Waals surface area contributed by atoms with Crippen LogP contribution in [0.2, 0.25) is 0 Å². The number of anilines is 1. The van der Waals surface area contributed by atoms with Crippen LogP contribution >= 0.6 is 0 Å². The lowest BCUT2D eigenvalue weighted by Gasteiger charge is -2.12. The highest BCUT2D eigenvalue weighted by atomic mass is 16.4. The zero-order chi connectivity index (χ0) is 17.3. The minimum absolute atomic E-state index is 0.00650. The first-order valence-electron chi connectivity index (χ1n) is 8.28. The summed E-state index contributed by atoms with van der Waals surface area (Å²) in [6.07, 6.45) is 2.45. The number of likely N-dealkylation sites (N-methyl/N-ethyl adjacent to an activating group) is 1. The average Bonchev–Trinajstić information content (AvgIpc) is 3.08. The lowest BCUT2D eigenvalue weighted by molar-refractivity contribution is -0.119. The maximum atomic E-state index is 12.3. The van der Waals surface area contributed by atoms with Gasteiger partial charge in [0, 0.05) is 30.7 Å². The number of nitrogens with two attached hydrogens (primary N) is 1. The Morgan fingerprint density at radius 3 is 2.88 bits per heavy atom. The molecule has 7 nitrogen and oxygen atoms in total. The summed E-state index contributed by atoms with van der Waals surface area (Å²) in [4.78, 5) is 26.3. The molecular formula is C17H24N4O3. The maximum absolute atomic E-state index is 12.3. The molecule has 7 heteroatoms. The number of nitrogens with zero attached hydrogens (tertiary/aromatic N) is 2. The van der Waals surface area contributed by atoms with E-state index in [0.29, 0.717) is 23.3 Å². The molecule has 24 heavy (non-hydrogen) atoms. The van der Waals surface area contributed by atoms with Gasteiger partial charge in [0.25, 0.3) is 0 Å². The predicted molar refractivity (Wildman–Crippen MR) is 93.0 cm³/mol. The summed E-state index contributed by atoms with van der Waals surface area (Å²) in [6.45, 7) is 1.26. The molecule has 1 aliphatic rings. The molecule has 1 fully saturated rings. The van der Waals surface area contributed by atoms with Crippen LogP contribution in [0.15, 0.2) is 27.4 Å². The van der Waals surface area contributed by atoms with Gasteiger partial charge in [0.2, 0.25) is 5.91 Å². The van der Waals surface area contributed by atoms with E-state index in [4.69, 9.17) is 10.2 Å². The van der Waals surface area contributed by atoms with E-state index in [1.165, 1.54) is 0 Å². The molecule has 0 radical (unpaired) electrons.